The van der Waals surface area contributed by atoms with Crippen LogP contribution in [0, 0.1) is 0 Å². The van der Waals surface area contributed by atoms with Crippen molar-refractivity contribution in [3.63, 3.8) is 0 Å². The number of hydrogen-bond acceptors (Lipinski definition) is 5. The van der Waals surface area contributed by atoms with E-state index in [1.165, 1.54) is 11.3 Å². The molecular weight excluding hydrogens is 450 g/mol. The van der Waals surface area contributed by atoms with Gasteiger partial charge in [0.25, 0.3) is 5.91 Å². The van der Waals surface area contributed by atoms with Crippen LogP contribution in [-0.2, 0) is 6.54 Å². The van der Waals surface area contributed by atoms with Gasteiger partial charge in [0.15, 0.2) is 10.8 Å². The first-order chi connectivity index (χ1) is 12.5. The fourth-order valence-electron chi connectivity index (χ4n) is 2.62. The van der Waals surface area contributed by atoms with E-state index in [1.807, 2.05) is 45.4 Å². The normalized spacial score (nSPS) is 11.0. The van der Waals surface area contributed by atoms with Crippen LogP contribution in [0.15, 0.2) is 34.9 Å². The molecule has 0 aliphatic heterocycles. The number of halogens is 2. The number of hydrogen-bond donors (Lipinski definition) is 0. The van der Waals surface area contributed by atoms with Gasteiger partial charge in [0.05, 0.1) is 10.2 Å². The molecule has 0 unspecified atom stereocenters. The largest absolute Gasteiger partial charge is 0.309 e. The van der Waals surface area contributed by atoms with Crippen LogP contribution in [0.2, 0.25) is 0 Å². The smallest absolute Gasteiger partial charge is 0.280 e. The molecule has 9 heteroatoms. The summed E-state index contributed by atoms with van der Waals surface area (Å²) in [6.07, 6.45) is 2.70. The zero-order chi connectivity index (χ0) is 18.7. The maximum Gasteiger partial charge on any atom is 0.280 e. The van der Waals surface area contributed by atoms with Gasteiger partial charge in [-0.25, -0.2) is 4.98 Å². The minimum atomic E-state index is -0.103. The number of anilines is 1. The number of carbonyl (C=O) groups excluding carboxylic acids is 1. The quantitative estimate of drug-likeness (QED) is 0.514. The second-order valence-electron chi connectivity index (χ2n) is 6.28. The molecule has 0 spiro atoms. The molecule has 1 aromatic carbocycles. The van der Waals surface area contributed by atoms with Gasteiger partial charge < -0.3 is 4.90 Å². The number of fused-ring (bicyclic) bond motifs is 1. The lowest BCUT2D eigenvalue weighted by Crippen LogP contribution is -2.33. The molecule has 0 N–H and O–H groups in total. The van der Waals surface area contributed by atoms with Crippen molar-refractivity contribution in [3.05, 3.63) is 40.6 Å². The molecule has 0 radical (unpaired) electrons. The first-order valence-corrected chi connectivity index (χ1v) is 10.1. The molecule has 0 bridgehead atoms. The van der Waals surface area contributed by atoms with Gasteiger partial charge in [-0.2, -0.15) is 5.10 Å². The summed E-state index contributed by atoms with van der Waals surface area (Å²) in [5.74, 6) is -0.103. The van der Waals surface area contributed by atoms with Gasteiger partial charge >= 0.3 is 0 Å². The lowest BCUT2D eigenvalue weighted by atomic mass is 10.3. The van der Waals surface area contributed by atoms with Crippen molar-refractivity contribution in [2.45, 2.75) is 19.9 Å². The highest BCUT2D eigenvalue weighted by molar-refractivity contribution is 9.10. The molecule has 3 aromatic rings. The summed E-state index contributed by atoms with van der Waals surface area (Å²) >= 11 is 5.02. The molecule has 0 aliphatic rings. The molecule has 0 saturated carbocycles. The van der Waals surface area contributed by atoms with E-state index in [2.05, 4.69) is 30.9 Å². The topological polar surface area (TPSA) is 54.3 Å². The summed E-state index contributed by atoms with van der Waals surface area (Å²) in [7, 11) is 4.06. The Bertz CT molecular complexity index is 910. The van der Waals surface area contributed by atoms with Gasteiger partial charge in [0.2, 0.25) is 0 Å². The molecule has 0 atom stereocenters. The minimum Gasteiger partial charge on any atom is -0.309 e. The Morgan fingerprint density at radius 1 is 1.26 bits per heavy atom. The number of benzene rings is 1. The third kappa shape index (κ3) is 5.28. The molecule has 1 amide bonds. The summed E-state index contributed by atoms with van der Waals surface area (Å²) in [5.41, 5.74) is 1.36. The van der Waals surface area contributed by atoms with Crippen molar-refractivity contribution in [1.82, 2.24) is 19.7 Å². The highest BCUT2D eigenvalue weighted by atomic mass is 79.9. The van der Waals surface area contributed by atoms with Crippen LogP contribution in [0.4, 0.5) is 5.13 Å². The molecule has 0 fully saturated rings. The monoisotopic (exact) mass is 471 g/mol. The zero-order valence-corrected chi connectivity index (χ0v) is 18.8. The van der Waals surface area contributed by atoms with Gasteiger partial charge in [-0.1, -0.05) is 27.3 Å². The Kier molecular flexibility index (Phi) is 7.79. The Morgan fingerprint density at radius 3 is 2.70 bits per heavy atom. The van der Waals surface area contributed by atoms with Crippen LogP contribution in [0.5, 0.6) is 0 Å². The van der Waals surface area contributed by atoms with E-state index >= 15 is 0 Å². The third-order valence-electron chi connectivity index (χ3n) is 3.99. The highest BCUT2D eigenvalue weighted by Gasteiger charge is 2.23. The van der Waals surface area contributed by atoms with Crippen molar-refractivity contribution in [2.75, 3.05) is 32.1 Å². The van der Waals surface area contributed by atoms with Crippen LogP contribution in [0.3, 0.4) is 0 Å². The molecule has 27 heavy (non-hydrogen) atoms. The van der Waals surface area contributed by atoms with E-state index in [0.29, 0.717) is 17.4 Å². The number of aryl methyl sites for hydroxylation is 1. The van der Waals surface area contributed by atoms with Gasteiger partial charge in [0.1, 0.15) is 0 Å². The van der Waals surface area contributed by atoms with Gasteiger partial charge in [0, 0.05) is 23.8 Å². The number of thiazole rings is 1. The predicted octanol–water partition coefficient (Wildman–Crippen LogP) is 4.30. The molecule has 0 saturated heterocycles. The van der Waals surface area contributed by atoms with Crippen molar-refractivity contribution >= 4 is 60.9 Å². The summed E-state index contributed by atoms with van der Waals surface area (Å²) in [4.78, 5) is 21.6. The second-order valence-corrected chi connectivity index (χ2v) is 8.20. The average Bonchev–Trinajstić information content (AvgIpc) is 3.24. The summed E-state index contributed by atoms with van der Waals surface area (Å²) in [5, 5.41) is 5.09. The lowest BCUT2D eigenvalue weighted by molar-refractivity contribution is 0.0980. The fourth-order valence-corrected chi connectivity index (χ4v) is 4.16. The van der Waals surface area contributed by atoms with Crippen molar-refractivity contribution in [1.29, 1.82) is 0 Å². The molecule has 3 rings (SSSR count). The van der Waals surface area contributed by atoms with E-state index in [9.17, 15) is 4.79 Å². The second kappa shape index (κ2) is 9.64. The first-order valence-electron chi connectivity index (χ1n) is 8.54. The third-order valence-corrected chi connectivity index (χ3v) is 5.52. The van der Waals surface area contributed by atoms with E-state index in [4.69, 9.17) is 0 Å². The van der Waals surface area contributed by atoms with Crippen LogP contribution >= 0.6 is 39.7 Å². The molecule has 2 heterocycles. The number of aromatic nitrogens is 3. The maximum absolute atomic E-state index is 13.1. The van der Waals surface area contributed by atoms with Gasteiger partial charge in [-0.05, 0) is 58.3 Å². The first kappa shape index (κ1) is 21.8. The molecular formula is C18H23BrClN5OS. The Labute approximate surface area is 177 Å². The number of carbonyl (C=O) groups is 1. The van der Waals surface area contributed by atoms with Crippen LogP contribution < -0.4 is 4.90 Å². The van der Waals surface area contributed by atoms with Crippen LogP contribution in [-0.4, -0.2) is 52.8 Å². The number of rotatable bonds is 7. The highest BCUT2D eigenvalue weighted by Crippen LogP contribution is 2.31. The number of amides is 1. The van der Waals surface area contributed by atoms with Gasteiger partial charge in [-0.15, -0.1) is 12.4 Å². The molecule has 6 nitrogen and oxygen atoms in total. The standard InChI is InChI=1S/C18H22BrN5OS.ClH/c1-4-23-11-8-15(21-23)17(25)24(10-5-9-22(2)3)18-20-14-7-6-13(19)12-16(14)26-18;/h6-8,11-12H,4-5,9-10H2,1-3H3;1H. The lowest BCUT2D eigenvalue weighted by Gasteiger charge is -2.20. The zero-order valence-electron chi connectivity index (χ0n) is 15.6. The van der Waals surface area contributed by atoms with E-state index in [0.717, 1.165) is 34.2 Å². The summed E-state index contributed by atoms with van der Waals surface area (Å²) in [6.45, 7) is 4.26. The van der Waals surface area contributed by atoms with Crippen LogP contribution in [0.1, 0.15) is 23.8 Å². The van der Waals surface area contributed by atoms with Crippen molar-refractivity contribution < 1.29 is 4.79 Å². The van der Waals surface area contributed by atoms with Crippen LogP contribution in [0.25, 0.3) is 10.2 Å². The average molecular weight is 473 g/mol. The summed E-state index contributed by atoms with van der Waals surface area (Å²) in [6, 6.07) is 7.74. The molecule has 146 valence electrons. The Hall–Kier alpha value is -1.48. The number of nitrogens with zero attached hydrogens (tertiary/aromatic N) is 5. The maximum atomic E-state index is 13.1. The fraction of sp³-hybridized carbons (Fsp3) is 0.389. The van der Waals surface area contributed by atoms with E-state index in [1.54, 1.807) is 15.6 Å². The van der Waals surface area contributed by atoms with E-state index < -0.39 is 0 Å². The Balaban J connectivity index is 0.00000261. The van der Waals surface area contributed by atoms with Gasteiger partial charge in [-0.3, -0.25) is 14.4 Å². The molecule has 2 aromatic heterocycles. The van der Waals surface area contributed by atoms with Crippen molar-refractivity contribution in [2.24, 2.45) is 0 Å². The minimum absolute atomic E-state index is 0. The SMILES string of the molecule is CCn1ccc(C(=O)N(CCCN(C)C)c2nc3ccc(Br)cc3s2)n1.Cl. The summed E-state index contributed by atoms with van der Waals surface area (Å²) < 4.78 is 3.83. The van der Waals surface area contributed by atoms with Crippen molar-refractivity contribution in [3.8, 4) is 0 Å². The Morgan fingerprint density at radius 2 is 2.04 bits per heavy atom. The molecule has 0 aliphatic carbocycles. The predicted molar refractivity (Wildman–Crippen MR) is 117 cm³/mol. The van der Waals surface area contributed by atoms with E-state index in [-0.39, 0.29) is 18.3 Å².